The maximum absolute atomic E-state index is 4.22. The smallest absolute Gasteiger partial charge is 0.144 e. The second-order valence-corrected chi connectivity index (χ2v) is 2.02. The lowest BCUT2D eigenvalue weighted by Gasteiger charge is -1.45. The molecule has 0 saturated carbocycles. The first-order valence-electron chi connectivity index (χ1n) is 2.53. The molecule has 0 radical (unpaired) electrons. The van der Waals surface area contributed by atoms with Crippen LogP contribution in [0.4, 0.5) is 0 Å². The van der Waals surface area contributed by atoms with Crippen molar-refractivity contribution in [3.63, 3.8) is 0 Å². The maximum Gasteiger partial charge on any atom is 0.144 e. The first kappa shape index (κ1) is 6.88. The molecule has 0 aromatic carbocycles. The highest BCUT2D eigenvalue weighted by Crippen LogP contribution is 1.85. The van der Waals surface area contributed by atoms with Crippen LogP contribution in [0.5, 0.6) is 0 Å². The van der Waals surface area contributed by atoms with E-state index in [1.165, 1.54) is 12.5 Å². The van der Waals surface area contributed by atoms with E-state index in [9.17, 15) is 0 Å². The summed E-state index contributed by atoms with van der Waals surface area (Å²) in [5.74, 6) is 0. The lowest BCUT2D eigenvalue weighted by Crippen LogP contribution is -1.53. The van der Waals surface area contributed by atoms with Crippen LogP contribution in [0.15, 0.2) is 34.1 Å². The van der Waals surface area contributed by atoms with Crippen molar-refractivity contribution < 1.29 is 4.52 Å². The molecular weight excluding hydrogens is 150 g/mol. The molecule has 4 nitrogen and oxygen atoms in total. The molecule has 0 atom stereocenters. The summed E-state index contributed by atoms with van der Waals surface area (Å²) < 4.78 is 4.22. The molecule has 2 rings (SSSR count). The molecular formula is C5H5N3OS. The fourth-order valence-electron chi connectivity index (χ4n) is 0.312. The Balaban J connectivity index is 0.0000001000. The Bertz CT molecular complexity index is 156. The van der Waals surface area contributed by atoms with Crippen LogP contribution in [0, 0.1) is 0 Å². The molecule has 10 heavy (non-hydrogen) atoms. The molecule has 5 heteroatoms. The van der Waals surface area contributed by atoms with Crippen molar-refractivity contribution in [1.82, 2.24) is 15.4 Å². The van der Waals surface area contributed by atoms with Crippen LogP contribution in [-0.4, -0.2) is 15.4 Å². The fourth-order valence-corrected chi connectivity index (χ4v) is 0.663. The van der Waals surface area contributed by atoms with Crippen molar-refractivity contribution in [1.29, 1.82) is 0 Å². The normalized spacial score (nSPS) is 8.00. The molecule has 0 fully saturated rings. The number of nitrogens with zero attached hydrogens (tertiary/aromatic N) is 3. The molecule has 0 N–H and O–H groups in total. The zero-order valence-corrected chi connectivity index (χ0v) is 5.86. The number of thiazole rings is 1. The highest BCUT2D eigenvalue weighted by Gasteiger charge is 1.61. The van der Waals surface area contributed by atoms with Gasteiger partial charge in [0.1, 0.15) is 6.26 Å². The molecule has 0 amide bonds. The predicted octanol–water partition coefficient (Wildman–Crippen LogP) is 1.21. The van der Waals surface area contributed by atoms with Gasteiger partial charge in [0, 0.05) is 16.8 Å². The van der Waals surface area contributed by atoms with Gasteiger partial charge in [0.15, 0.2) is 0 Å². The summed E-state index contributed by atoms with van der Waals surface area (Å²) in [5.41, 5.74) is 1.79. The van der Waals surface area contributed by atoms with Gasteiger partial charge in [-0.3, -0.25) is 4.98 Å². The zero-order valence-electron chi connectivity index (χ0n) is 5.04. The molecule has 2 heterocycles. The zero-order chi connectivity index (χ0) is 7.07. The summed E-state index contributed by atoms with van der Waals surface area (Å²) in [6.45, 7) is 0. The van der Waals surface area contributed by atoms with E-state index in [4.69, 9.17) is 0 Å². The van der Waals surface area contributed by atoms with Crippen LogP contribution in [0.3, 0.4) is 0 Å². The topological polar surface area (TPSA) is 51.8 Å². The van der Waals surface area contributed by atoms with E-state index in [-0.39, 0.29) is 0 Å². The van der Waals surface area contributed by atoms with E-state index >= 15 is 0 Å². The summed E-state index contributed by atoms with van der Waals surface area (Å²) in [5, 5.41) is 8.33. The Morgan fingerprint density at radius 2 is 2.30 bits per heavy atom. The van der Waals surface area contributed by atoms with Crippen LogP contribution in [0.25, 0.3) is 0 Å². The van der Waals surface area contributed by atoms with E-state index in [0.717, 1.165) is 0 Å². The quantitative estimate of drug-likeness (QED) is 0.573. The average Bonchev–Trinajstić information content (AvgIpc) is 2.67. The van der Waals surface area contributed by atoms with Gasteiger partial charge in [-0.15, -0.1) is 16.4 Å². The van der Waals surface area contributed by atoms with Gasteiger partial charge in [-0.2, -0.15) is 0 Å². The van der Waals surface area contributed by atoms with Crippen molar-refractivity contribution >= 4 is 11.3 Å². The van der Waals surface area contributed by atoms with E-state index in [1.807, 2.05) is 5.38 Å². The summed E-state index contributed by atoms with van der Waals surface area (Å²) in [4.78, 5) is 3.74. The van der Waals surface area contributed by atoms with E-state index in [0.29, 0.717) is 0 Å². The van der Waals surface area contributed by atoms with Gasteiger partial charge in [0.2, 0.25) is 0 Å². The summed E-state index contributed by atoms with van der Waals surface area (Å²) in [7, 11) is 0. The molecule has 2 aromatic rings. The van der Waals surface area contributed by atoms with Crippen LogP contribution in [0.1, 0.15) is 0 Å². The summed E-state index contributed by atoms with van der Waals surface area (Å²) >= 11 is 1.60. The van der Waals surface area contributed by atoms with Crippen molar-refractivity contribution in [3.8, 4) is 0 Å². The lowest BCUT2D eigenvalue weighted by molar-refractivity contribution is 0.393. The number of aromatic nitrogens is 3. The lowest BCUT2D eigenvalue weighted by atomic mass is 11.0. The summed E-state index contributed by atoms with van der Waals surface area (Å²) in [6.07, 6.45) is 4.64. The largest absolute Gasteiger partial charge is 0.346 e. The Morgan fingerprint density at radius 1 is 1.30 bits per heavy atom. The van der Waals surface area contributed by atoms with Gasteiger partial charge in [-0.1, -0.05) is 0 Å². The highest BCUT2D eigenvalue weighted by atomic mass is 32.1. The second-order valence-electron chi connectivity index (χ2n) is 1.26. The van der Waals surface area contributed by atoms with Gasteiger partial charge in [-0.25, -0.2) is 0 Å². The standard InChI is InChI=1S/C3H3NS.C2H2N2O/c1-2-5-3-4-1;1-2-5-4-3-1/h1-3H;1-2H. The SMILES string of the molecule is c1conn1.c1cscn1. The van der Waals surface area contributed by atoms with Crippen LogP contribution in [-0.2, 0) is 0 Å². The Kier molecular flexibility index (Phi) is 3.19. The Hall–Kier alpha value is -1.23. The molecule has 0 saturated heterocycles. The molecule has 0 spiro atoms. The van der Waals surface area contributed by atoms with Crippen molar-refractivity contribution in [2.45, 2.75) is 0 Å². The first-order chi connectivity index (χ1) is 5.00. The number of hydrogen-bond donors (Lipinski definition) is 0. The van der Waals surface area contributed by atoms with E-state index in [1.54, 1.807) is 23.0 Å². The Morgan fingerprint density at radius 3 is 2.50 bits per heavy atom. The third-order valence-electron chi connectivity index (χ3n) is 0.630. The summed E-state index contributed by atoms with van der Waals surface area (Å²) in [6, 6.07) is 0. The molecule has 0 unspecified atom stereocenters. The molecule has 0 aliphatic heterocycles. The average molecular weight is 155 g/mol. The monoisotopic (exact) mass is 155 g/mol. The molecule has 52 valence electrons. The van der Waals surface area contributed by atoms with Crippen LogP contribution < -0.4 is 0 Å². The second kappa shape index (κ2) is 4.63. The van der Waals surface area contributed by atoms with Crippen LogP contribution >= 0.6 is 11.3 Å². The third-order valence-corrected chi connectivity index (χ3v) is 1.15. The molecule has 0 aliphatic rings. The van der Waals surface area contributed by atoms with Crippen molar-refractivity contribution in [2.75, 3.05) is 0 Å². The van der Waals surface area contributed by atoms with E-state index < -0.39 is 0 Å². The number of rotatable bonds is 0. The van der Waals surface area contributed by atoms with E-state index in [2.05, 4.69) is 19.9 Å². The molecule has 0 bridgehead atoms. The minimum atomic E-state index is 1.40. The molecule has 2 aromatic heterocycles. The van der Waals surface area contributed by atoms with Gasteiger partial charge in [0.05, 0.1) is 11.7 Å². The van der Waals surface area contributed by atoms with Crippen molar-refractivity contribution in [3.05, 3.63) is 29.5 Å². The highest BCUT2D eigenvalue weighted by molar-refractivity contribution is 7.07. The van der Waals surface area contributed by atoms with Gasteiger partial charge >= 0.3 is 0 Å². The first-order valence-corrected chi connectivity index (χ1v) is 3.47. The molecule has 0 aliphatic carbocycles. The fraction of sp³-hybridized carbons (Fsp3) is 0. The number of hydrogen-bond acceptors (Lipinski definition) is 5. The minimum absolute atomic E-state index is 1.40. The van der Waals surface area contributed by atoms with Crippen molar-refractivity contribution in [2.24, 2.45) is 0 Å². The van der Waals surface area contributed by atoms with Crippen LogP contribution in [0.2, 0.25) is 0 Å². The predicted molar refractivity (Wildman–Crippen MR) is 36.4 cm³/mol. The maximum atomic E-state index is 4.22. The van der Waals surface area contributed by atoms with Gasteiger partial charge in [0.25, 0.3) is 0 Å². The van der Waals surface area contributed by atoms with Gasteiger partial charge in [-0.05, 0) is 0 Å². The third kappa shape index (κ3) is 2.93. The van der Waals surface area contributed by atoms with Gasteiger partial charge < -0.3 is 4.52 Å². The Labute approximate surface area is 61.5 Å². The minimum Gasteiger partial charge on any atom is -0.346 e.